The highest BCUT2D eigenvalue weighted by Crippen LogP contribution is 2.25. The standard InChI is InChI=1S/C19H24N2O/c1-4-10-18-16(5-2)13-9-14-21(18)19(22)20-15(3)17-11-7-6-8-12-17/h7,9-14H,4-6,8H2,1-3H3/b18-10+,20-15+. The zero-order valence-corrected chi connectivity index (χ0v) is 13.7. The van der Waals surface area contributed by atoms with Crippen LogP contribution in [0.3, 0.4) is 0 Å². The Morgan fingerprint density at radius 1 is 1.36 bits per heavy atom. The summed E-state index contributed by atoms with van der Waals surface area (Å²) in [4.78, 5) is 18.5. The third kappa shape index (κ3) is 3.73. The Kier molecular flexibility index (Phi) is 5.70. The molecule has 22 heavy (non-hydrogen) atoms. The number of urea groups is 1. The van der Waals surface area contributed by atoms with Gasteiger partial charge in [0, 0.05) is 17.6 Å². The smallest absolute Gasteiger partial charge is 0.268 e. The van der Waals surface area contributed by atoms with E-state index < -0.39 is 0 Å². The van der Waals surface area contributed by atoms with E-state index in [1.54, 1.807) is 11.1 Å². The molecule has 0 saturated carbocycles. The van der Waals surface area contributed by atoms with Gasteiger partial charge in [0.25, 0.3) is 0 Å². The molecule has 0 bridgehead atoms. The number of allylic oxidation sites excluding steroid dienone is 8. The van der Waals surface area contributed by atoms with E-state index in [1.807, 2.05) is 19.1 Å². The molecular formula is C19H24N2O. The van der Waals surface area contributed by atoms with Crippen molar-refractivity contribution < 1.29 is 4.79 Å². The lowest BCUT2D eigenvalue weighted by Gasteiger charge is -2.24. The topological polar surface area (TPSA) is 32.7 Å². The first kappa shape index (κ1) is 16.2. The second-order valence-electron chi connectivity index (χ2n) is 5.37. The van der Waals surface area contributed by atoms with E-state index in [0.717, 1.165) is 42.7 Å². The third-order valence-corrected chi connectivity index (χ3v) is 3.78. The molecule has 3 heteroatoms. The molecule has 1 aliphatic heterocycles. The van der Waals surface area contributed by atoms with Gasteiger partial charge in [-0.05, 0) is 49.8 Å². The minimum atomic E-state index is -0.229. The van der Waals surface area contributed by atoms with Gasteiger partial charge in [0.15, 0.2) is 0 Å². The van der Waals surface area contributed by atoms with Crippen LogP contribution in [-0.4, -0.2) is 16.6 Å². The molecule has 0 radical (unpaired) electrons. The summed E-state index contributed by atoms with van der Waals surface area (Å²) in [6.45, 7) is 6.07. The van der Waals surface area contributed by atoms with Gasteiger partial charge in [-0.1, -0.05) is 44.2 Å². The molecule has 2 amide bonds. The van der Waals surface area contributed by atoms with E-state index >= 15 is 0 Å². The van der Waals surface area contributed by atoms with Crippen LogP contribution in [0.4, 0.5) is 4.79 Å². The van der Waals surface area contributed by atoms with Gasteiger partial charge < -0.3 is 0 Å². The molecule has 0 aromatic carbocycles. The van der Waals surface area contributed by atoms with Crippen molar-refractivity contribution in [1.82, 2.24) is 4.90 Å². The minimum Gasteiger partial charge on any atom is -0.268 e. The molecule has 0 N–H and O–H groups in total. The van der Waals surface area contributed by atoms with Crippen LogP contribution >= 0.6 is 0 Å². The second-order valence-corrected chi connectivity index (χ2v) is 5.37. The molecular weight excluding hydrogens is 272 g/mol. The van der Waals surface area contributed by atoms with Crippen LogP contribution in [0.15, 0.2) is 64.5 Å². The van der Waals surface area contributed by atoms with Crippen molar-refractivity contribution in [3.8, 4) is 0 Å². The minimum absolute atomic E-state index is 0.229. The quantitative estimate of drug-likeness (QED) is 0.650. The lowest BCUT2D eigenvalue weighted by atomic mass is 10.0. The number of hydrogen-bond donors (Lipinski definition) is 0. The SMILES string of the molecule is CC/C=C1\C(CC)=CC=CN1C(=O)/N=C(\C)C1=CCCC=C1. The fourth-order valence-corrected chi connectivity index (χ4v) is 2.60. The highest BCUT2D eigenvalue weighted by Gasteiger charge is 2.20. The van der Waals surface area contributed by atoms with Crippen molar-refractivity contribution in [2.45, 2.75) is 46.5 Å². The van der Waals surface area contributed by atoms with E-state index in [1.165, 1.54) is 5.57 Å². The normalized spacial score (nSPS) is 20.2. The Balaban J connectivity index is 2.23. The Morgan fingerprint density at radius 2 is 2.18 bits per heavy atom. The van der Waals surface area contributed by atoms with Crippen LogP contribution in [0.25, 0.3) is 0 Å². The average Bonchev–Trinajstić information content (AvgIpc) is 2.56. The molecule has 0 unspecified atom stereocenters. The van der Waals surface area contributed by atoms with E-state index in [2.05, 4.69) is 43.1 Å². The molecule has 0 aromatic heterocycles. The summed E-state index contributed by atoms with van der Waals surface area (Å²) >= 11 is 0. The maximum absolute atomic E-state index is 12.6. The lowest BCUT2D eigenvalue weighted by molar-refractivity contribution is 0.233. The number of nitrogens with zero attached hydrogens (tertiary/aromatic N) is 2. The molecule has 116 valence electrons. The molecule has 0 atom stereocenters. The highest BCUT2D eigenvalue weighted by atomic mass is 16.2. The van der Waals surface area contributed by atoms with Crippen LogP contribution in [-0.2, 0) is 0 Å². The maximum atomic E-state index is 12.6. The van der Waals surface area contributed by atoms with Gasteiger partial charge in [-0.3, -0.25) is 4.90 Å². The van der Waals surface area contributed by atoms with Gasteiger partial charge in [-0.2, -0.15) is 4.99 Å². The molecule has 1 aliphatic carbocycles. The lowest BCUT2D eigenvalue weighted by Crippen LogP contribution is -2.25. The zero-order chi connectivity index (χ0) is 15.9. The summed E-state index contributed by atoms with van der Waals surface area (Å²) in [6.07, 6.45) is 18.0. The largest absolute Gasteiger partial charge is 0.352 e. The van der Waals surface area contributed by atoms with Crippen LogP contribution < -0.4 is 0 Å². The van der Waals surface area contributed by atoms with Crippen molar-refractivity contribution in [1.29, 1.82) is 0 Å². The molecule has 2 rings (SSSR count). The molecule has 0 saturated heterocycles. The third-order valence-electron chi connectivity index (χ3n) is 3.78. The van der Waals surface area contributed by atoms with Crippen LogP contribution in [0.5, 0.6) is 0 Å². The van der Waals surface area contributed by atoms with Gasteiger partial charge in [-0.25, -0.2) is 4.79 Å². The van der Waals surface area contributed by atoms with Crippen molar-refractivity contribution >= 4 is 11.7 Å². The number of amides is 2. The molecule has 0 spiro atoms. The summed E-state index contributed by atoms with van der Waals surface area (Å²) in [5.41, 5.74) is 3.95. The zero-order valence-electron chi connectivity index (χ0n) is 13.7. The average molecular weight is 296 g/mol. The first-order chi connectivity index (χ1) is 10.7. The van der Waals surface area contributed by atoms with Gasteiger partial charge >= 0.3 is 6.03 Å². The van der Waals surface area contributed by atoms with Gasteiger partial charge in [0.2, 0.25) is 0 Å². The van der Waals surface area contributed by atoms with Crippen LogP contribution in [0.1, 0.15) is 46.5 Å². The Hall–Kier alpha value is -2.16. The first-order valence-corrected chi connectivity index (χ1v) is 8.00. The summed E-state index contributed by atoms with van der Waals surface area (Å²) in [5.74, 6) is 0. The molecule has 1 heterocycles. The fraction of sp³-hybridized carbons (Fsp3) is 0.368. The van der Waals surface area contributed by atoms with E-state index in [9.17, 15) is 4.79 Å². The predicted octanol–water partition coefficient (Wildman–Crippen LogP) is 5.30. The Labute approximate surface area is 133 Å². The van der Waals surface area contributed by atoms with E-state index in [4.69, 9.17) is 0 Å². The molecule has 2 aliphatic rings. The number of carbonyl (C=O) groups is 1. The predicted molar refractivity (Wildman–Crippen MR) is 92.7 cm³/mol. The van der Waals surface area contributed by atoms with E-state index in [0.29, 0.717) is 0 Å². The Bertz CT molecular complexity index is 615. The van der Waals surface area contributed by atoms with Crippen molar-refractivity contribution in [3.05, 3.63) is 59.5 Å². The molecule has 0 aromatic rings. The highest BCUT2D eigenvalue weighted by molar-refractivity contribution is 6.06. The van der Waals surface area contributed by atoms with Gasteiger partial charge in [0.05, 0.1) is 0 Å². The Morgan fingerprint density at radius 3 is 2.82 bits per heavy atom. The summed E-state index contributed by atoms with van der Waals surface area (Å²) in [7, 11) is 0. The van der Waals surface area contributed by atoms with Crippen molar-refractivity contribution in [2.24, 2.45) is 4.99 Å². The number of carbonyl (C=O) groups excluding carboxylic acids is 1. The van der Waals surface area contributed by atoms with Crippen LogP contribution in [0, 0.1) is 0 Å². The molecule has 0 fully saturated rings. The summed E-state index contributed by atoms with van der Waals surface area (Å²) in [6, 6.07) is -0.229. The van der Waals surface area contributed by atoms with Crippen molar-refractivity contribution in [3.63, 3.8) is 0 Å². The van der Waals surface area contributed by atoms with Gasteiger partial charge in [0.1, 0.15) is 0 Å². The summed E-state index contributed by atoms with van der Waals surface area (Å²) < 4.78 is 0. The summed E-state index contributed by atoms with van der Waals surface area (Å²) in [5, 5.41) is 0. The number of aliphatic imine (C=N–C) groups is 1. The van der Waals surface area contributed by atoms with Crippen molar-refractivity contribution in [2.75, 3.05) is 0 Å². The number of hydrogen-bond acceptors (Lipinski definition) is 1. The van der Waals surface area contributed by atoms with E-state index in [-0.39, 0.29) is 6.03 Å². The maximum Gasteiger partial charge on any atom is 0.352 e. The van der Waals surface area contributed by atoms with Gasteiger partial charge in [-0.15, -0.1) is 0 Å². The first-order valence-electron chi connectivity index (χ1n) is 8.00. The molecule has 3 nitrogen and oxygen atoms in total. The van der Waals surface area contributed by atoms with Crippen LogP contribution in [0.2, 0.25) is 0 Å². The number of rotatable bonds is 3. The second kappa shape index (κ2) is 7.74. The fourth-order valence-electron chi connectivity index (χ4n) is 2.60. The monoisotopic (exact) mass is 296 g/mol.